The first-order valence-corrected chi connectivity index (χ1v) is 7.54. The molecule has 2 aromatic rings. The average Bonchev–Trinajstić information content (AvgIpc) is 2.82. The van der Waals surface area contributed by atoms with Gasteiger partial charge in [0.2, 0.25) is 0 Å². The van der Waals surface area contributed by atoms with E-state index in [9.17, 15) is 5.11 Å². The van der Waals surface area contributed by atoms with E-state index in [0.717, 1.165) is 40.5 Å². The Morgan fingerprint density at radius 3 is 3.21 bits per heavy atom. The van der Waals surface area contributed by atoms with E-state index in [1.165, 1.54) is 0 Å². The van der Waals surface area contributed by atoms with Crippen LogP contribution in [0.15, 0.2) is 18.2 Å². The lowest BCUT2D eigenvalue weighted by Crippen LogP contribution is -2.38. The minimum Gasteiger partial charge on any atom is -0.494 e. The van der Waals surface area contributed by atoms with Crippen molar-refractivity contribution in [1.82, 2.24) is 4.98 Å². The van der Waals surface area contributed by atoms with Crippen LogP contribution in [0.4, 0.5) is 5.13 Å². The highest BCUT2D eigenvalue weighted by Gasteiger charge is 2.20. The Morgan fingerprint density at radius 1 is 1.53 bits per heavy atom. The standard InChI is InChI=1S/C14H18N2O2S/c1-2-18-11-5-6-12-13(8-11)19-14(15-12)16-7-3-4-10(17)9-16/h5-6,8,10,17H,2-4,7,9H2,1H3. The molecule has 4 nitrogen and oxygen atoms in total. The van der Waals surface area contributed by atoms with Crippen molar-refractivity contribution in [2.75, 3.05) is 24.6 Å². The number of aliphatic hydroxyl groups excluding tert-OH is 1. The summed E-state index contributed by atoms with van der Waals surface area (Å²) in [7, 11) is 0. The summed E-state index contributed by atoms with van der Waals surface area (Å²) in [5, 5.41) is 10.7. The SMILES string of the molecule is CCOc1ccc2nc(N3CCCC(O)C3)sc2c1. The quantitative estimate of drug-likeness (QED) is 0.937. The molecule has 0 spiro atoms. The molecule has 1 aromatic heterocycles. The number of benzene rings is 1. The molecule has 3 rings (SSSR count). The molecule has 2 heterocycles. The second kappa shape index (κ2) is 5.35. The van der Waals surface area contributed by atoms with Crippen LogP contribution in [0, 0.1) is 0 Å². The van der Waals surface area contributed by atoms with Crippen molar-refractivity contribution in [2.45, 2.75) is 25.9 Å². The van der Waals surface area contributed by atoms with E-state index in [4.69, 9.17) is 4.74 Å². The van der Waals surface area contributed by atoms with Gasteiger partial charge in [-0.3, -0.25) is 0 Å². The maximum atomic E-state index is 9.75. The van der Waals surface area contributed by atoms with Crippen LogP contribution >= 0.6 is 11.3 Å². The van der Waals surface area contributed by atoms with Crippen molar-refractivity contribution >= 4 is 26.7 Å². The lowest BCUT2D eigenvalue weighted by Gasteiger charge is -2.29. The highest BCUT2D eigenvalue weighted by molar-refractivity contribution is 7.22. The van der Waals surface area contributed by atoms with E-state index in [0.29, 0.717) is 13.2 Å². The van der Waals surface area contributed by atoms with Crippen LogP contribution in [-0.4, -0.2) is 35.9 Å². The summed E-state index contributed by atoms with van der Waals surface area (Å²) in [4.78, 5) is 6.83. The summed E-state index contributed by atoms with van der Waals surface area (Å²) in [6.07, 6.45) is 1.71. The average molecular weight is 278 g/mol. The van der Waals surface area contributed by atoms with Gasteiger partial charge in [-0.25, -0.2) is 4.98 Å². The molecule has 5 heteroatoms. The Bertz CT molecular complexity index is 570. The molecule has 1 unspecified atom stereocenters. The van der Waals surface area contributed by atoms with Gasteiger partial charge in [0, 0.05) is 13.1 Å². The maximum Gasteiger partial charge on any atom is 0.186 e. The van der Waals surface area contributed by atoms with Gasteiger partial charge in [-0.1, -0.05) is 11.3 Å². The molecule has 0 amide bonds. The Balaban J connectivity index is 1.88. The Hall–Kier alpha value is -1.33. The monoisotopic (exact) mass is 278 g/mol. The van der Waals surface area contributed by atoms with E-state index in [2.05, 4.69) is 9.88 Å². The molecule has 0 bridgehead atoms. The molecular weight excluding hydrogens is 260 g/mol. The molecule has 0 radical (unpaired) electrons. The topological polar surface area (TPSA) is 45.6 Å². The number of rotatable bonds is 3. The molecule has 1 aliphatic heterocycles. The number of hydrogen-bond donors (Lipinski definition) is 1. The van der Waals surface area contributed by atoms with Gasteiger partial charge in [-0.15, -0.1) is 0 Å². The number of aromatic nitrogens is 1. The minimum absolute atomic E-state index is 0.222. The number of hydrogen-bond acceptors (Lipinski definition) is 5. The largest absolute Gasteiger partial charge is 0.494 e. The first kappa shape index (κ1) is 12.7. The fourth-order valence-corrected chi connectivity index (χ4v) is 3.44. The van der Waals surface area contributed by atoms with Gasteiger partial charge < -0.3 is 14.7 Å². The van der Waals surface area contributed by atoms with Crippen LogP contribution in [0.25, 0.3) is 10.2 Å². The lowest BCUT2D eigenvalue weighted by molar-refractivity contribution is 0.154. The number of aliphatic hydroxyl groups is 1. The van der Waals surface area contributed by atoms with Crippen molar-refractivity contribution < 1.29 is 9.84 Å². The van der Waals surface area contributed by atoms with Crippen LogP contribution in [0.1, 0.15) is 19.8 Å². The van der Waals surface area contributed by atoms with Gasteiger partial charge in [-0.05, 0) is 38.0 Å². The van der Waals surface area contributed by atoms with Crippen molar-refractivity contribution in [1.29, 1.82) is 0 Å². The first-order valence-electron chi connectivity index (χ1n) is 6.72. The third-order valence-electron chi connectivity index (χ3n) is 3.33. The third kappa shape index (κ3) is 2.67. The zero-order valence-electron chi connectivity index (χ0n) is 11.0. The number of ether oxygens (including phenoxy) is 1. The predicted molar refractivity (Wildman–Crippen MR) is 78.2 cm³/mol. The van der Waals surface area contributed by atoms with E-state index in [1.807, 2.05) is 25.1 Å². The number of β-amino-alcohol motifs (C(OH)–C–C–N with tert-alkyl or cyclic N) is 1. The molecule has 1 atom stereocenters. The predicted octanol–water partition coefficient (Wildman–Crippen LogP) is 2.66. The molecule has 0 saturated carbocycles. The van der Waals surface area contributed by atoms with Crippen LogP contribution in [0.2, 0.25) is 0 Å². The molecule has 1 aliphatic rings. The molecule has 0 aliphatic carbocycles. The lowest BCUT2D eigenvalue weighted by atomic mass is 10.1. The van der Waals surface area contributed by atoms with Gasteiger partial charge >= 0.3 is 0 Å². The molecule has 1 saturated heterocycles. The summed E-state index contributed by atoms with van der Waals surface area (Å²) in [6, 6.07) is 6.00. The molecule has 1 N–H and O–H groups in total. The summed E-state index contributed by atoms with van der Waals surface area (Å²) in [6.45, 7) is 4.33. The number of thiazole rings is 1. The van der Waals surface area contributed by atoms with Crippen molar-refractivity contribution in [2.24, 2.45) is 0 Å². The molecule has 19 heavy (non-hydrogen) atoms. The van der Waals surface area contributed by atoms with Crippen LogP contribution in [0.3, 0.4) is 0 Å². The molecule has 1 aromatic carbocycles. The molecular formula is C14H18N2O2S. The first-order chi connectivity index (χ1) is 9.26. The van der Waals surface area contributed by atoms with E-state index in [-0.39, 0.29) is 6.10 Å². The minimum atomic E-state index is -0.222. The van der Waals surface area contributed by atoms with Crippen molar-refractivity contribution in [3.63, 3.8) is 0 Å². The Morgan fingerprint density at radius 2 is 2.42 bits per heavy atom. The normalized spacial score (nSPS) is 19.9. The molecule has 102 valence electrons. The summed E-state index contributed by atoms with van der Waals surface area (Å²) in [5.41, 5.74) is 1.00. The second-order valence-corrected chi connectivity index (χ2v) is 5.81. The fourth-order valence-electron chi connectivity index (χ4n) is 2.41. The van der Waals surface area contributed by atoms with Crippen LogP contribution in [0.5, 0.6) is 5.75 Å². The third-order valence-corrected chi connectivity index (χ3v) is 4.41. The van der Waals surface area contributed by atoms with Gasteiger partial charge in [-0.2, -0.15) is 0 Å². The maximum absolute atomic E-state index is 9.75. The zero-order valence-corrected chi connectivity index (χ0v) is 11.8. The fraction of sp³-hybridized carbons (Fsp3) is 0.500. The van der Waals surface area contributed by atoms with Crippen LogP contribution < -0.4 is 9.64 Å². The van der Waals surface area contributed by atoms with Gasteiger partial charge in [0.1, 0.15) is 5.75 Å². The summed E-state index contributed by atoms with van der Waals surface area (Å²) >= 11 is 1.67. The van der Waals surface area contributed by atoms with E-state index in [1.54, 1.807) is 11.3 Å². The van der Waals surface area contributed by atoms with Crippen molar-refractivity contribution in [3.05, 3.63) is 18.2 Å². The smallest absolute Gasteiger partial charge is 0.186 e. The van der Waals surface area contributed by atoms with E-state index >= 15 is 0 Å². The molecule has 1 fully saturated rings. The summed E-state index contributed by atoms with van der Waals surface area (Å²) in [5.74, 6) is 0.892. The Kier molecular flexibility index (Phi) is 3.57. The Labute approximate surface area is 116 Å². The number of piperidine rings is 1. The highest BCUT2D eigenvalue weighted by atomic mass is 32.1. The van der Waals surface area contributed by atoms with Gasteiger partial charge in [0.05, 0.1) is 22.9 Å². The number of anilines is 1. The highest BCUT2D eigenvalue weighted by Crippen LogP contribution is 2.32. The van der Waals surface area contributed by atoms with Crippen LogP contribution in [-0.2, 0) is 0 Å². The van der Waals surface area contributed by atoms with Crippen molar-refractivity contribution in [3.8, 4) is 5.75 Å². The number of fused-ring (bicyclic) bond motifs is 1. The zero-order chi connectivity index (χ0) is 13.2. The van der Waals surface area contributed by atoms with E-state index < -0.39 is 0 Å². The van der Waals surface area contributed by atoms with Gasteiger partial charge in [0.15, 0.2) is 5.13 Å². The second-order valence-electron chi connectivity index (χ2n) is 4.80. The van der Waals surface area contributed by atoms with Gasteiger partial charge in [0.25, 0.3) is 0 Å². The number of nitrogens with zero attached hydrogens (tertiary/aromatic N) is 2. The summed E-state index contributed by atoms with van der Waals surface area (Å²) < 4.78 is 6.65.